The van der Waals surface area contributed by atoms with E-state index in [1.54, 1.807) is 0 Å². The number of piperidine rings is 1. The second kappa shape index (κ2) is 11.7. The Morgan fingerprint density at radius 2 is 2.07 bits per heavy atom. The molecule has 0 saturated carbocycles. The number of halogens is 1. The summed E-state index contributed by atoms with van der Waals surface area (Å²) in [5, 5.41) is 6.84. The number of aliphatic imine (C=N–C) groups is 1. The fourth-order valence-corrected chi connectivity index (χ4v) is 4.74. The molecule has 0 radical (unpaired) electrons. The van der Waals surface area contributed by atoms with E-state index in [-0.39, 0.29) is 34.8 Å². The van der Waals surface area contributed by atoms with E-state index in [0.29, 0.717) is 5.92 Å². The van der Waals surface area contributed by atoms with Crippen LogP contribution in [0.5, 0.6) is 0 Å². The van der Waals surface area contributed by atoms with Crippen molar-refractivity contribution in [1.82, 2.24) is 15.5 Å². The summed E-state index contributed by atoms with van der Waals surface area (Å²) in [5.74, 6) is 2.56. The molecule has 8 heteroatoms. The van der Waals surface area contributed by atoms with Crippen LogP contribution in [-0.4, -0.2) is 65.8 Å². The molecule has 0 aromatic rings. The van der Waals surface area contributed by atoms with Crippen LogP contribution >= 0.6 is 35.7 Å². The van der Waals surface area contributed by atoms with E-state index in [1.165, 1.54) is 18.6 Å². The van der Waals surface area contributed by atoms with Crippen LogP contribution in [0.25, 0.3) is 0 Å². The Hall–Kier alpha value is -0.380. The van der Waals surface area contributed by atoms with Gasteiger partial charge < -0.3 is 20.3 Å². The smallest absolute Gasteiger partial charge is 0.410 e. The van der Waals surface area contributed by atoms with Crippen LogP contribution in [0.1, 0.15) is 60.3 Å². The van der Waals surface area contributed by atoms with E-state index in [4.69, 9.17) is 9.73 Å². The molecule has 0 aromatic carbocycles. The zero-order valence-corrected chi connectivity index (χ0v) is 21.3. The third-order valence-corrected chi connectivity index (χ3v) is 6.47. The molecule has 2 aliphatic rings. The SMILES string of the molecule is CCNC(=NCC1(C)CCCS1)NCC1CCCN(C(=O)OC(C)(C)C)C1.I. The lowest BCUT2D eigenvalue weighted by Crippen LogP contribution is -2.47. The summed E-state index contributed by atoms with van der Waals surface area (Å²) >= 11 is 2.04. The molecule has 2 heterocycles. The van der Waals surface area contributed by atoms with Crippen LogP contribution in [0.4, 0.5) is 4.79 Å². The first kappa shape index (κ1) is 25.7. The minimum Gasteiger partial charge on any atom is -0.444 e. The zero-order valence-electron chi connectivity index (χ0n) is 18.2. The van der Waals surface area contributed by atoms with Gasteiger partial charge in [0.1, 0.15) is 5.60 Å². The number of carbonyl (C=O) groups is 1. The fraction of sp³-hybridized carbons (Fsp3) is 0.900. The van der Waals surface area contributed by atoms with Crippen molar-refractivity contribution in [2.24, 2.45) is 10.9 Å². The topological polar surface area (TPSA) is 66.0 Å². The van der Waals surface area contributed by atoms with Gasteiger partial charge in [0.05, 0.1) is 6.54 Å². The maximum atomic E-state index is 12.3. The molecule has 0 aromatic heterocycles. The highest BCUT2D eigenvalue weighted by Crippen LogP contribution is 2.37. The Bertz CT molecular complexity index is 519. The molecule has 2 saturated heterocycles. The summed E-state index contributed by atoms with van der Waals surface area (Å²) in [5.41, 5.74) is -0.443. The molecule has 0 spiro atoms. The Morgan fingerprint density at radius 3 is 2.68 bits per heavy atom. The third kappa shape index (κ3) is 8.97. The summed E-state index contributed by atoms with van der Waals surface area (Å²) in [4.78, 5) is 19.0. The number of nitrogens with zero attached hydrogens (tertiary/aromatic N) is 2. The number of hydrogen-bond acceptors (Lipinski definition) is 4. The molecule has 2 N–H and O–H groups in total. The van der Waals surface area contributed by atoms with Gasteiger partial charge in [-0.2, -0.15) is 11.8 Å². The summed E-state index contributed by atoms with van der Waals surface area (Å²) in [6.45, 7) is 14.2. The molecule has 0 bridgehead atoms. The van der Waals surface area contributed by atoms with Gasteiger partial charge in [0.15, 0.2) is 5.96 Å². The van der Waals surface area contributed by atoms with Gasteiger partial charge in [-0.25, -0.2) is 4.79 Å². The third-order valence-electron chi connectivity index (χ3n) is 4.95. The number of hydrogen-bond donors (Lipinski definition) is 2. The van der Waals surface area contributed by atoms with Crippen LogP contribution in [-0.2, 0) is 4.74 Å². The van der Waals surface area contributed by atoms with Crippen molar-refractivity contribution in [2.45, 2.75) is 70.7 Å². The number of rotatable bonds is 5. The number of thioether (sulfide) groups is 1. The predicted octanol–water partition coefficient (Wildman–Crippen LogP) is 4.09. The molecule has 2 fully saturated rings. The molecule has 0 aliphatic carbocycles. The van der Waals surface area contributed by atoms with Crippen LogP contribution in [0.15, 0.2) is 4.99 Å². The van der Waals surface area contributed by atoms with Crippen LogP contribution in [0, 0.1) is 5.92 Å². The molecule has 164 valence electrons. The molecule has 28 heavy (non-hydrogen) atoms. The Labute approximate surface area is 192 Å². The average Bonchev–Trinajstić information content (AvgIpc) is 3.03. The molecule has 6 nitrogen and oxygen atoms in total. The number of amides is 1. The second-order valence-electron chi connectivity index (χ2n) is 8.91. The molecule has 1 amide bonds. The Kier molecular flexibility index (Phi) is 10.7. The first-order chi connectivity index (χ1) is 12.7. The number of carbonyl (C=O) groups excluding carboxylic acids is 1. The number of ether oxygens (including phenoxy) is 1. The van der Waals surface area contributed by atoms with Crippen molar-refractivity contribution in [3.05, 3.63) is 0 Å². The van der Waals surface area contributed by atoms with Gasteiger partial charge >= 0.3 is 6.09 Å². The molecule has 2 unspecified atom stereocenters. The second-order valence-corrected chi connectivity index (χ2v) is 10.6. The highest BCUT2D eigenvalue weighted by atomic mass is 127. The van der Waals surface area contributed by atoms with E-state index in [1.807, 2.05) is 37.4 Å². The van der Waals surface area contributed by atoms with E-state index < -0.39 is 5.60 Å². The number of guanidine groups is 1. The summed E-state index contributed by atoms with van der Waals surface area (Å²) in [7, 11) is 0. The number of nitrogens with one attached hydrogen (secondary N) is 2. The molecular weight excluding hydrogens is 487 g/mol. The normalized spacial score (nSPS) is 25.8. The predicted molar refractivity (Wildman–Crippen MR) is 130 cm³/mol. The van der Waals surface area contributed by atoms with E-state index >= 15 is 0 Å². The van der Waals surface area contributed by atoms with Gasteiger partial charge in [-0.15, -0.1) is 24.0 Å². The fourth-order valence-electron chi connectivity index (χ4n) is 3.51. The minimum absolute atomic E-state index is 0. The van der Waals surface area contributed by atoms with Gasteiger partial charge in [0.2, 0.25) is 0 Å². The van der Waals surface area contributed by atoms with Gasteiger partial charge in [-0.05, 0) is 72.0 Å². The van der Waals surface area contributed by atoms with Crippen LogP contribution in [0.3, 0.4) is 0 Å². The Balaban J connectivity index is 0.00000392. The number of likely N-dealkylation sites (tertiary alicyclic amines) is 1. The van der Waals surface area contributed by atoms with Gasteiger partial charge in [0.25, 0.3) is 0 Å². The van der Waals surface area contributed by atoms with Crippen molar-refractivity contribution in [2.75, 3.05) is 38.5 Å². The first-order valence-corrected chi connectivity index (χ1v) is 11.3. The van der Waals surface area contributed by atoms with E-state index in [9.17, 15) is 4.79 Å². The lowest BCUT2D eigenvalue weighted by molar-refractivity contribution is 0.0168. The van der Waals surface area contributed by atoms with E-state index in [2.05, 4.69) is 24.5 Å². The largest absolute Gasteiger partial charge is 0.444 e. The van der Waals surface area contributed by atoms with Crippen molar-refractivity contribution >= 4 is 47.8 Å². The standard InChI is InChI=1S/C20H38N4O2S.HI/c1-6-21-17(23-15-20(5)10-8-12-27-20)22-13-16-9-7-11-24(14-16)18(25)26-19(2,3)4;/h16H,6-15H2,1-5H3,(H2,21,22,23);1H. The Morgan fingerprint density at radius 1 is 1.32 bits per heavy atom. The van der Waals surface area contributed by atoms with Crippen LogP contribution < -0.4 is 10.6 Å². The van der Waals surface area contributed by atoms with Crippen molar-refractivity contribution in [3.8, 4) is 0 Å². The van der Waals surface area contributed by atoms with Gasteiger partial charge in [-0.3, -0.25) is 4.99 Å². The van der Waals surface area contributed by atoms with Crippen molar-refractivity contribution in [3.63, 3.8) is 0 Å². The molecule has 2 atom stereocenters. The zero-order chi connectivity index (χ0) is 19.9. The van der Waals surface area contributed by atoms with Crippen molar-refractivity contribution in [1.29, 1.82) is 0 Å². The maximum Gasteiger partial charge on any atom is 0.410 e. The maximum absolute atomic E-state index is 12.3. The van der Waals surface area contributed by atoms with Crippen LogP contribution in [0.2, 0.25) is 0 Å². The van der Waals surface area contributed by atoms with Gasteiger partial charge in [-0.1, -0.05) is 0 Å². The lowest BCUT2D eigenvalue weighted by Gasteiger charge is -2.34. The average molecular weight is 527 g/mol. The molecule has 2 rings (SSSR count). The first-order valence-electron chi connectivity index (χ1n) is 10.3. The summed E-state index contributed by atoms with van der Waals surface area (Å²) in [6.07, 6.45) is 4.49. The molecular formula is C20H39IN4O2S. The lowest BCUT2D eigenvalue weighted by atomic mass is 9.98. The van der Waals surface area contributed by atoms with Crippen molar-refractivity contribution < 1.29 is 9.53 Å². The minimum atomic E-state index is -0.443. The highest BCUT2D eigenvalue weighted by molar-refractivity contribution is 14.0. The quantitative estimate of drug-likeness (QED) is 0.321. The van der Waals surface area contributed by atoms with E-state index in [0.717, 1.165) is 51.5 Å². The summed E-state index contributed by atoms with van der Waals surface area (Å²) < 4.78 is 5.80. The summed E-state index contributed by atoms with van der Waals surface area (Å²) in [6, 6.07) is 0. The highest BCUT2D eigenvalue weighted by Gasteiger charge is 2.30. The van der Waals surface area contributed by atoms with Gasteiger partial charge in [0, 0.05) is 30.9 Å². The monoisotopic (exact) mass is 526 g/mol. The molecule has 2 aliphatic heterocycles.